The van der Waals surface area contributed by atoms with E-state index in [1.807, 2.05) is 32.2 Å². The first kappa shape index (κ1) is 22.4. The Morgan fingerprint density at radius 1 is 1.19 bits per heavy atom. The SMILES string of the molecule is Cc1cc(C)c(C)c(OCc2csc(C(=O)N3CCC(C(F)(F)F)n4nc(C)cc43)c2)c1. The van der Waals surface area contributed by atoms with Crippen LogP contribution in [0.15, 0.2) is 29.6 Å². The summed E-state index contributed by atoms with van der Waals surface area (Å²) in [5, 5.41) is 5.85. The number of alkyl halides is 3. The Morgan fingerprint density at radius 3 is 2.66 bits per heavy atom. The van der Waals surface area contributed by atoms with E-state index in [2.05, 4.69) is 11.2 Å². The highest BCUT2D eigenvalue weighted by Gasteiger charge is 2.46. The van der Waals surface area contributed by atoms with Gasteiger partial charge in [0.2, 0.25) is 0 Å². The number of carbonyl (C=O) groups is 1. The summed E-state index contributed by atoms with van der Waals surface area (Å²) in [6, 6.07) is 5.63. The number of amides is 1. The number of carbonyl (C=O) groups excluding carboxylic acids is 1. The molecule has 1 aromatic carbocycles. The predicted molar refractivity (Wildman–Crippen MR) is 118 cm³/mol. The van der Waals surface area contributed by atoms with Crippen LogP contribution in [-0.2, 0) is 6.61 Å². The van der Waals surface area contributed by atoms with Gasteiger partial charge in [0.15, 0.2) is 6.04 Å². The summed E-state index contributed by atoms with van der Waals surface area (Å²) in [6.45, 7) is 7.96. The summed E-state index contributed by atoms with van der Waals surface area (Å²) >= 11 is 1.26. The highest BCUT2D eigenvalue weighted by molar-refractivity contribution is 7.12. The van der Waals surface area contributed by atoms with Crippen LogP contribution in [0, 0.1) is 27.7 Å². The molecule has 0 N–H and O–H groups in total. The molecule has 5 nitrogen and oxygen atoms in total. The third-order valence-corrected chi connectivity index (χ3v) is 6.65. The van der Waals surface area contributed by atoms with Crippen LogP contribution < -0.4 is 9.64 Å². The number of ether oxygens (including phenoxy) is 1. The number of fused-ring (bicyclic) bond motifs is 1. The van der Waals surface area contributed by atoms with E-state index < -0.39 is 12.2 Å². The third kappa shape index (κ3) is 4.26. The molecule has 0 saturated carbocycles. The van der Waals surface area contributed by atoms with Crippen molar-refractivity contribution in [2.24, 2.45) is 0 Å². The summed E-state index contributed by atoms with van der Waals surface area (Å²) in [5.41, 5.74) is 4.61. The first-order valence-electron chi connectivity index (χ1n) is 10.3. The fourth-order valence-electron chi connectivity index (χ4n) is 3.94. The minimum absolute atomic E-state index is 0.0142. The second-order valence-corrected chi connectivity index (χ2v) is 9.12. The van der Waals surface area contributed by atoms with Crippen molar-refractivity contribution < 1.29 is 22.7 Å². The molecule has 4 rings (SSSR count). The molecule has 0 radical (unpaired) electrons. The molecular formula is C23H24F3N3O2S. The Hall–Kier alpha value is -2.81. The van der Waals surface area contributed by atoms with Crippen molar-refractivity contribution in [2.75, 3.05) is 11.4 Å². The van der Waals surface area contributed by atoms with Gasteiger partial charge in [0, 0.05) is 18.2 Å². The largest absolute Gasteiger partial charge is 0.489 e. The molecule has 0 bridgehead atoms. The first-order valence-corrected chi connectivity index (χ1v) is 11.2. The average Bonchev–Trinajstić information content (AvgIpc) is 3.33. The van der Waals surface area contributed by atoms with Crippen LogP contribution in [0.4, 0.5) is 19.0 Å². The quantitative estimate of drug-likeness (QED) is 0.483. The van der Waals surface area contributed by atoms with E-state index in [9.17, 15) is 18.0 Å². The number of aryl methyl sites for hydroxylation is 3. The number of anilines is 1. The molecule has 1 atom stereocenters. The van der Waals surface area contributed by atoms with Crippen LogP contribution in [0.2, 0.25) is 0 Å². The van der Waals surface area contributed by atoms with E-state index in [-0.39, 0.29) is 24.7 Å². The Kier molecular flexibility index (Phi) is 5.79. The van der Waals surface area contributed by atoms with Gasteiger partial charge >= 0.3 is 6.18 Å². The van der Waals surface area contributed by atoms with Crippen molar-refractivity contribution in [1.82, 2.24) is 9.78 Å². The van der Waals surface area contributed by atoms with Crippen molar-refractivity contribution in [3.05, 3.63) is 62.5 Å². The molecule has 0 aliphatic carbocycles. The normalized spacial score (nSPS) is 16.2. The van der Waals surface area contributed by atoms with Crippen molar-refractivity contribution >= 4 is 23.1 Å². The Balaban J connectivity index is 1.52. The van der Waals surface area contributed by atoms with Crippen LogP contribution in [0.5, 0.6) is 5.75 Å². The highest BCUT2D eigenvalue weighted by Crippen LogP contribution is 2.40. The van der Waals surface area contributed by atoms with Gasteiger partial charge in [-0.05, 0) is 68.3 Å². The summed E-state index contributed by atoms with van der Waals surface area (Å²) < 4.78 is 47.1. The fourth-order valence-corrected chi connectivity index (χ4v) is 4.78. The molecule has 0 saturated heterocycles. The Bertz CT molecular complexity index is 1170. The number of thiophene rings is 1. The molecule has 0 spiro atoms. The standard InChI is InChI=1S/C23H24F3N3O2S/c1-13-7-14(2)16(4)18(8-13)31-11-17-10-19(32-12-17)22(30)28-6-5-20(23(24,25)26)29-21(28)9-15(3)27-29/h7-10,12,20H,5-6,11H2,1-4H3. The molecule has 170 valence electrons. The minimum atomic E-state index is -4.41. The van der Waals surface area contributed by atoms with Crippen molar-refractivity contribution in [3.63, 3.8) is 0 Å². The van der Waals surface area contributed by atoms with Crippen molar-refractivity contribution in [1.29, 1.82) is 0 Å². The zero-order chi connectivity index (χ0) is 23.2. The van der Waals surface area contributed by atoms with Crippen molar-refractivity contribution in [2.45, 2.75) is 52.9 Å². The molecule has 3 aromatic rings. The number of rotatable bonds is 4. The molecule has 0 fully saturated rings. The maximum absolute atomic E-state index is 13.4. The third-order valence-electron chi connectivity index (χ3n) is 5.68. The second kappa shape index (κ2) is 8.27. The maximum Gasteiger partial charge on any atom is 0.410 e. The van der Waals surface area contributed by atoms with E-state index in [1.54, 1.807) is 13.0 Å². The zero-order valence-electron chi connectivity index (χ0n) is 18.3. The number of hydrogen-bond acceptors (Lipinski definition) is 4. The average molecular weight is 464 g/mol. The smallest absolute Gasteiger partial charge is 0.410 e. The van der Waals surface area contributed by atoms with Gasteiger partial charge in [-0.15, -0.1) is 11.3 Å². The summed E-state index contributed by atoms with van der Waals surface area (Å²) in [5.74, 6) is 0.652. The van der Waals surface area contributed by atoms with Gasteiger partial charge < -0.3 is 4.74 Å². The summed E-state index contributed by atoms with van der Waals surface area (Å²) in [4.78, 5) is 15.0. The van der Waals surface area contributed by atoms with E-state index in [0.29, 0.717) is 17.2 Å². The van der Waals surface area contributed by atoms with Gasteiger partial charge in [0.25, 0.3) is 5.91 Å². The first-order chi connectivity index (χ1) is 15.0. The van der Waals surface area contributed by atoms with Gasteiger partial charge in [-0.25, -0.2) is 4.68 Å². The van der Waals surface area contributed by atoms with Gasteiger partial charge in [-0.1, -0.05) is 6.07 Å². The molecular weight excluding hydrogens is 439 g/mol. The van der Waals surface area contributed by atoms with Crippen LogP contribution >= 0.6 is 11.3 Å². The monoisotopic (exact) mass is 463 g/mol. The fraction of sp³-hybridized carbons (Fsp3) is 0.391. The lowest BCUT2D eigenvalue weighted by atomic mass is 10.1. The maximum atomic E-state index is 13.4. The van der Waals surface area contributed by atoms with E-state index in [1.165, 1.54) is 22.3 Å². The molecule has 3 heterocycles. The Labute approximate surface area is 188 Å². The van der Waals surface area contributed by atoms with Crippen LogP contribution in [0.25, 0.3) is 0 Å². The molecule has 1 amide bonds. The summed E-state index contributed by atoms with van der Waals surface area (Å²) in [6.07, 6.45) is -4.64. The molecule has 2 aromatic heterocycles. The molecule has 32 heavy (non-hydrogen) atoms. The number of aromatic nitrogens is 2. The van der Waals surface area contributed by atoms with Gasteiger partial charge in [0.05, 0.1) is 10.6 Å². The van der Waals surface area contributed by atoms with Crippen LogP contribution in [-0.4, -0.2) is 28.4 Å². The van der Waals surface area contributed by atoms with Gasteiger partial charge in [-0.2, -0.15) is 18.3 Å². The number of benzene rings is 1. The Morgan fingerprint density at radius 2 is 1.94 bits per heavy atom. The summed E-state index contributed by atoms with van der Waals surface area (Å²) in [7, 11) is 0. The zero-order valence-corrected chi connectivity index (χ0v) is 19.1. The van der Waals surface area contributed by atoms with E-state index in [0.717, 1.165) is 32.7 Å². The van der Waals surface area contributed by atoms with E-state index >= 15 is 0 Å². The number of halogens is 3. The lowest BCUT2D eigenvalue weighted by Crippen LogP contribution is -2.42. The van der Waals surface area contributed by atoms with Crippen molar-refractivity contribution in [3.8, 4) is 5.75 Å². The lowest BCUT2D eigenvalue weighted by molar-refractivity contribution is -0.172. The predicted octanol–water partition coefficient (Wildman–Crippen LogP) is 5.91. The van der Waals surface area contributed by atoms with Gasteiger partial charge in [0.1, 0.15) is 18.2 Å². The highest BCUT2D eigenvalue weighted by atomic mass is 32.1. The van der Waals surface area contributed by atoms with Gasteiger partial charge in [-0.3, -0.25) is 9.69 Å². The van der Waals surface area contributed by atoms with Crippen LogP contribution in [0.3, 0.4) is 0 Å². The number of nitrogens with zero attached hydrogens (tertiary/aromatic N) is 3. The molecule has 1 unspecified atom stereocenters. The second-order valence-electron chi connectivity index (χ2n) is 8.20. The molecule has 9 heteroatoms. The molecule has 1 aliphatic heterocycles. The minimum Gasteiger partial charge on any atom is -0.489 e. The lowest BCUT2D eigenvalue weighted by Gasteiger charge is -2.33. The molecule has 1 aliphatic rings. The topological polar surface area (TPSA) is 47.4 Å². The van der Waals surface area contributed by atoms with E-state index in [4.69, 9.17) is 4.74 Å². The van der Waals surface area contributed by atoms with Crippen LogP contribution in [0.1, 0.15) is 50.1 Å². The number of hydrogen-bond donors (Lipinski definition) is 0.